The number of fused-ring (bicyclic) bond motifs is 4. The fraction of sp³-hybridized carbons (Fsp3) is 0.733. The van der Waals surface area contributed by atoms with E-state index in [0.717, 1.165) is 25.7 Å². The molecule has 0 radical (unpaired) electrons. The van der Waals surface area contributed by atoms with Gasteiger partial charge in [0.05, 0.1) is 38.5 Å². The lowest BCUT2D eigenvalue weighted by molar-refractivity contribution is -0.298. The number of esters is 2. The van der Waals surface area contributed by atoms with E-state index in [4.69, 9.17) is 33.3 Å². The Balaban J connectivity index is 1.04. The van der Waals surface area contributed by atoms with Crippen molar-refractivity contribution < 1.29 is 83.1 Å². The molecule has 7 aliphatic rings. The van der Waals surface area contributed by atoms with E-state index < -0.39 is 133 Å². The number of amides is 2. The molecule has 1 aromatic rings. The summed E-state index contributed by atoms with van der Waals surface area (Å²) in [5.41, 5.74) is -1.10. The van der Waals surface area contributed by atoms with E-state index >= 15 is 4.79 Å². The molecule has 360 valence electrons. The van der Waals surface area contributed by atoms with Crippen molar-refractivity contribution in [3.63, 3.8) is 0 Å². The Morgan fingerprint density at radius 2 is 1.68 bits per heavy atom. The molecule has 4 saturated heterocycles. The van der Waals surface area contributed by atoms with Gasteiger partial charge in [0.15, 0.2) is 18.1 Å². The maximum absolute atomic E-state index is 15.2. The molecular formula is C45H63N3O17. The number of hydroxylamine groups is 2. The highest BCUT2D eigenvalue weighted by Gasteiger charge is 2.78. The highest BCUT2D eigenvalue weighted by atomic mass is 16.8. The minimum absolute atomic E-state index is 0.0219. The van der Waals surface area contributed by atoms with Gasteiger partial charge in [0, 0.05) is 24.7 Å². The molecule has 4 heterocycles. The molecule has 2 bridgehead atoms. The number of nitrogens with one attached hydrogen (secondary N) is 2. The van der Waals surface area contributed by atoms with Crippen molar-refractivity contribution in [3.05, 3.63) is 41.5 Å². The number of aliphatic hydroxyl groups is 6. The lowest BCUT2D eigenvalue weighted by Crippen LogP contribution is -2.71. The molecule has 3 aliphatic carbocycles. The van der Waals surface area contributed by atoms with E-state index in [9.17, 15) is 45.0 Å². The quantitative estimate of drug-likeness (QED) is 0.0827. The number of hydrogen-bond donors (Lipinski definition) is 8. The number of ether oxygens (including phenoxy) is 6. The smallest absolute Gasteiger partial charge is 0.327 e. The number of aliphatic hydroxyl groups excluding tert-OH is 6. The SMILES string of the molecule is C[C@H](O)[C@@H](NC(=O)[C@@]12C[C@H]3OC(=O)[C@@H]1N(Cc1ccccc1C=CCO[C@H]1O[C@H](CO)[C@H](O)[C@H](O)[C@H]1O)O[C@@H]2[C@H]1OC(C2CC2)(C2CC2)O[C@H]13)C(=O)N[C@H](CO)CCC(=O)OC(C)(C)C. The monoisotopic (exact) mass is 917 g/mol. The first kappa shape index (κ1) is 47.8. The summed E-state index contributed by atoms with van der Waals surface area (Å²) in [4.78, 5) is 62.6. The lowest BCUT2D eigenvalue weighted by Gasteiger charge is -2.49. The molecule has 0 spiro atoms. The number of carbonyl (C=O) groups is 4. The number of rotatable bonds is 18. The molecule has 20 nitrogen and oxygen atoms in total. The Hall–Kier alpha value is -3.64. The summed E-state index contributed by atoms with van der Waals surface area (Å²) < 4.78 is 36.4. The zero-order valence-electron chi connectivity index (χ0n) is 37.0. The summed E-state index contributed by atoms with van der Waals surface area (Å²) >= 11 is 0. The molecule has 14 atom stereocenters. The van der Waals surface area contributed by atoms with Crippen LogP contribution in [-0.2, 0) is 59.0 Å². The molecule has 4 aliphatic heterocycles. The first-order valence-corrected chi connectivity index (χ1v) is 22.7. The summed E-state index contributed by atoms with van der Waals surface area (Å²) in [5.74, 6) is -3.48. The van der Waals surface area contributed by atoms with Crippen molar-refractivity contribution in [1.82, 2.24) is 15.7 Å². The summed E-state index contributed by atoms with van der Waals surface area (Å²) in [6.45, 7) is 5.22. The van der Waals surface area contributed by atoms with Crippen molar-refractivity contribution in [1.29, 1.82) is 0 Å². The molecule has 65 heavy (non-hydrogen) atoms. The topological polar surface area (TPSA) is 282 Å². The van der Waals surface area contributed by atoms with E-state index in [1.807, 2.05) is 12.1 Å². The number of nitrogens with zero attached hydrogens (tertiary/aromatic N) is 1. The van der Waals surface area contributed by atoms with Gasteiger partial charge in [-0.05, 0) is 70.9 Å². The third kappa shape index (κ3) is 9.47. The Labute approximate surface area is 376 Å². The van der Waals surface area contributed by atoms with Gasteiger partial charge in [-0.2, -0.15) is 5.06 Å². The fourth-order valence-electron chi connectivity index (χ4n) is 10.1. The Kier molecular flexibility index (Phi) is 13.8. The molecule has 0 aromatic heterocycles. The van der Waals surface area contributed by atoms with Gasteiger partial charge < -0.3 is 69.7 Å². The zero-order chi connectivity index (χ0) is 46.6. The van der Waals surface area contributed by atoms with Crippen molar-refractivity contribution >= 4 is 29.8 Å². The molecule has 0 unspecified atom stereocenters. The number of hydrogen-bond acceptors (Lipinski definition) is 18. The number of carbonyl (C=O) groups excluding carboxylic acids is 4. The molecule has 20 heteroatoms. The minimum atomic E-state index is -1.70. The fourth-order valence-corrected chi connectivity index (χ4v) is 10.1. The minimum Gasteiger partial charge on any atom is -0.460 e. The van der Waals surface area contributed by atoms with Crippen LogP contribution in [0.2, 0.25) is 0 Å². The van der Waals surface area contributed by atoms with Crippen LogP contribution in [0, 0.1) is 17.3 Å². The van der Waals surface area contributed by atoms with E-state index in [1.165, 1.54) is 12.0 Å². The first-order chi connectivity index (χ1) is 30.9. The summed E-state index contributed by atoms with van der Waals surface area (Å²) in [5, 5.41) is 68.1. The summed E-state index contributed by atoms with van der Waals surface area (Å²) in [7, 11) is 0. The van der Waals surface area contributed by atoms with Crippen LogP contribution in [-0.4, -0.2) is 170 Å². The van der Waals surface area contributed by atoms with Gasteiger partial charge in [-0.3, -0.25) is 24.0 Å². The predicted octanol–water partition coefficient (Wildman–Crippen LogP) is -0.919. The number of benzene rings is 1. The predicted molar refractivity (Wildman–Crippen MR) is 222 cm³/mol. The first-order valence-electron chi connectivity index (χ1n) is 22.7. The summed E-state index contributed by atoms with van der Waals surface area (Å²) in [6, 6.07) is 3.40. The van der Waals surface area contributed by atoms with Crippen LogP contribution in [0.25, 0.3) is 6.08 Å². The zero-order valence-corrected chi connectivity index (χ0v) is 37.0. The van der Waals surface area contributed by atoms with E-state index in [-0.39, 0.29) is 44.2 Å². The second-order valence-corrected chi connectivity index (χ2v) is 19.5. The molecule has 8 N–H and O–H groups in total. The Bertz CT molecular complexity index is 1940. The van der Waals surface area contributed by atoms with Gasteiger partial charge in [-0.25, -0.2) is 0 Å². The molecule has 2 amide bonds. The third-order valence-electron chi connectivity index (χ3n) is 13.5. The van der Waals surface area contributed by atoms with Gasteiger partial charge in [0.25, 0.3) is 0 Å². The largest absolute Gasteiger partial charge is 0.460 e. The van der Waals surface area contributed by atoms with Crippen molar-refractivity contribution in [2.24, 2.45) is 17.3 Å². The van der Waals surface area contributed by atoms with Crippen LogP contribution in [0.3, 0.4) is 0 Å². The summed E-state index contributed by atoms with van der Waals surface area (Å²) in [6.07, 6.45) is -5.33. The molecule has 8 rings (SSSR count). The Morgan fingerprint density at radius 3 is 2.32 bits per heavy atom. The van der Waals surface area contributed by atoms with Gasteiger partial charge >= 0.3 is 11.9 Å². The van der Waals surface area contributed by atoms with E-state index in [2.05, 4.69) is 10.6 Å². The maximum Gasteiger partial charge on any atom is 0.327 e. The van der Waals surface area contributed by atoms with Crippen LogP contribution in [0.4, 0.5) is 0 Å². The van der Waals surface area contributed by atoms with Crippen LogP contribution in [0.15, 0.2) is 30.3 Å². The van der Waals surface area contributed by atoms with Crippen molar-refractivity contribution in [3.8, 4) is 0 Å². The average molecular weight is 918 g/mol. The standard InChI is InChI=1S/C45H63N3O17/c1-22(51)31(39(56)46-27(20-49)15-16-30(52)62-43(2,3)4)47-42(58)44-18-28-35-36(64-45(63-35,25-11-12-25)26-13-14-26)38(44)65-48(37(44)40(57)60-28)19-24-9-6-5-8-23(24)10-7-17-59-41-34(55)33(54)32(53)29(21-50)61-41/h5-10,22,25-29,31-38,41,49-51,53-55H,11-21H2,1-4H3,(H,46,56)(H,47,58)/t22-,27-,28+,29+,31+,32-,33-,34+,35-,36-,37-,38+,41-,44-/m0/s1. The van der Waals surface area contributed by atoms with Crippen LogP contribution >= 0.6 is 0 Å². The second kappa shape index (κ2) is 18.8. The van der Waals surface area contributed by atoms with Gasteiger partial charge in [-0.1, -0.05) is 36.4 Å². The molecule has 3 saturated carbocycles. The third-order valence-corrected chi connectivity index (χ3v) is 13.5. The maximum atomic E-state index is 15.2. The van der Waals surface area contributed by atoms with Crippen molar-refractivity contribution in [2.45, 2.75) is 170 Å². The van der Waals surface area contributed by atoms with Crippen molar-refractivity contribution in [2.75, 3.05) is 19.8 Å². The van der Waals surface area contributed by atoms with E-state index in [0.29, 0.717) is 11.1 Å². The van der Waals surface area contributed by atoms with Crippen LogP contribution < -0.4 is 10.6 Å². The normalized spacial score (nSPS) is 35.5. The lowest BCUT2D eigenvalue weighted by atomic mass is 9.62. The Morgan fingerprint density at radius 1 is 0.985 bits per heavy atom. The highest BCUT2D eigenvalue weighted by molar-refractivity contribution is 5.96. The van der Waals surface area contributed by atoms with E-state index in [1.54, 1.807) is 45.1 Å². The van der Waals surface area contributed by atoms with Gasteiger partial charge in [-0.15, -0.1) is 0 Å². The van der Waals surface area contributed by atoms with Gasteiger partial charge in [0.2, 0.25) is 11.8 Å². The molecule has 7 fully saturated rings. The molecule has 1 aromatic carbocycles. The van der Waals surface area contributed by atoms with Gasteiger partial charge in [0.1, 0.15) is 65.9 Å². The van der Waals surface area contributed by atoms with Crippen LogP contribution in [0.1, 0.15) is 83.8 Å². The highest BCUT2D eigenvalue weighted by Crippen LogP contribution is 2.64. The second-order valence-electron chi connectivity index (χ2n) is 19.5. The molecular weight excluding hydrogens is 854 g/mol. The average Bonchev–Trinajstić information content (AvgIpc) is 4.21. The van der Waals surface area contributed by atoms with Crippen LogP contribution in [0.5, 0.6) is 0 Å².